The zero-order valence-electron chi connectivity index (χ0n) is 16.6. The molecule has 1 saturated carbocycles. The molecule has 0 radical (unpaired) electrons. The normalized spacial score (nSPS) is 13.6. The van der Waals surface area contributed by atoms with Crippen molar-refractivity contribution in [3.8, 4) is 5.75 Å². The first-order chi connectivity index (χ1) is 14.4. The van der Waals surface area contributed by atoms with Crippen LogP contribution in [0.4, 0.5) is 5.69 Å². The number of anilines is 1. The molecule has 30 heavy (non-hydrogen) atoms. The van der Waals surface area contributed by atoms with E-state index in [2.05, 4.69) is 15.8 Å². The zero-order chi connectivity index (χ0) is 21.5. The van der Waals surface area contributed by atoms with Crippen molar-refractivity contribution in [3.05, 3.63) is 58.1 Å². The Morgan fingerprint density at radius 1 is 1.13 bits per heavy atom. The predicted molar refractivity (Wildman–Crippen MR) is 119 cm³/mol. The molecule has 8 heteroatoms. The van der Waals surface area contributed by atoms with Gasteiger partial charge < -0.3 is 10.1 Å². The molecule has 0 aliphatic heterocycles. The number of hydrazone groups is 1. The highest BCUT2D eigenvalue weighted by Crippen LogP contribution is 2.30. The van der Waals surface area contributed by atoms with Crippen molar-refractivity contribution in [2.45, 2.75) is 32.6 Å². The smallest absolute Gasteiger partial charge is 0.240 e. The number of hydrogen-bond acceptors (Lipinski definition) is 4. The Morgan fingerprint density at radius 2 is 1.87 bits per heavy atom. The third kappa shape index (κ3) is 6.75. The zero-order valence-corrected chi connectivity index (χ0v) is 18.1. The summed E-state index contributed by atoms with van der Waals surface area (Å²) in [5.41, 5.74) is 4.84. The summed E-state index contributed by atoms with van der Waals surface area (Å²) in [6.45, 7) is 2.16. The van der Waals surface area contributed by atoms with Crippen LogP contribution in [0.5, 0.6) is 5.75 Å². The average molecular weight is 448 g/mol. The number of nitrogens with zero attached hydrogens (tertiary/aromatic N) is 1. The number of carbonyl (C=O) groups excluding carboxylic acids is 2. The van der Waals surface area contributed by atoms with E-state index >= 15 is 0 Å². The first-order valence-corrected chi connectivity index (χ1v) is 10.5. The lowest BCUT2D eigenvalue weighted by Gasteiger charge is -2.08. The molecule has 0 unspecified atom stereocenters. The van der Waals surface area contributed by atoms with Crippen LogP contribution in [0.2, 0.25) is 10.0 Å². The first kappa shape index (κ1) is 22.1. The molecule has 0 saturated heterocycles. The number of carbonyl (C=O) groups is 2. The van der Waals surface area contributed by atoms with Gasteiger partial charge in [0.2, 0.25) is 11.8 Å². The molecule has 1 aliphatic carbocycles. The van der Waals surface area contributed by atoms with Crippen LogP contribution >= 0.6 is 23.2 Å². The molecule has 158 valence electrons. The van der Waals surface area contributed by atoms with Gasteiger partial charge in [-0.3, -0.25) is 9.59 Å². The molecule has 6 nitrogen and oxygen atoms in total. The summed E-state index contributed by atoms with van der Waals surface area (Å²) in [6.07, 6.45) is 2.73. The maximum Gasteiger partial charge on any atom is 0.240 e. The van der Waals surface area contributed by atoms with Crippen LogP contribution in [0.3, 0.4) is 0 Å². The highest BCUT2D eigenvalue weighted by Gasteiger charge is 2.29. The van der Waals surface area contributed by atoms with E-state index in [4.69, 9.17) is 27.9 Å². The van der Waals surface area contributed by atoms with Gasteiger partial charge in [0.15, 0.2) is 0 Å². The van der Waals surface area contributed by atoms with Crippen molar-refractivity contribution in [2.24, 2.45) is 11.0 Å². The van der Waals surface area contributed by atoms with Crippen molar-refractivity contribution in [3.63, 3.8) is 0 Å². The van der Waals surface area contributed by atoms with Crippen molar-refractivity contribution in [1.29, 1.82) is 0 Å². The number of halogens is 2. The van der Waals surface area contributed by atoms with Gasteiger partial charge in [0, 0.05) is 23.0 Å². The first-order valence-electron chi connectivity index (χ1n) is 9.74. The monoisotopic (exact) mass is 447 g/mol. The van der Waals surface area contributed by atoms with Gasteiger partial charge in [0.25, 0.3) is 0 Å². The molecule has 1 fully saturated rings. The van der Waals surface area contributed by atoms with Gasteiger partial charge >= 0.3 is 0 Å². The van der Waals surface area contributed by atoms with Gasteiger partial charge in [-0.2, -0.15) is 5.10 Å². The second-order valence-corrected chi connectivity index (χ2v) is 7.94. The molecule has 2 amide bonds. The number of nitrogens with one attached hydrogen (secondary N) is 2. The van der Waals surface area contributed by atoms with Crippen LogP contribution in [0.1, 0.15) is 38.2 Å². The van der Waals surface area contributed by atoms with Gasteiger partial charge in [-0.1, -0.05) is 35.3 Å². The van der Waals surface area contributed by atoms with Crippen LogP contribution in [-0.4, -0.2) is 24.1 Å². The number of ether oxygens (including phenoxy) is 1. The minimum absolute atomic E-state index is 0.0720. The molecule has 0 bridgehead atoms. The summed E-state index contributed by atoms with van der Waals surface area (Å²) in [5, 5.41) is 8.00. The summed E-state index contributed by atoms with van der Waals surface area (Å²) in [5.74, 6) is 0.569. The lowest BCUT2D eigenvalue weighted by Crippen LogP contribution is -2.19. The van der Waals surface area contributed by atoms with E-state index < -0.39 is 0 Å². The third-order valence-corrected chi connectivity index (χ3v) is 5.10. The van der Waals surface area contributed by atoms with E-state index in [0.29, 0.717) is 34.5 Å². The molecule has 2 N–H and O–H groups in total. The minimum Gasteiger partial charge on any atom is -0.492 e. The summed E-state index contributed by atoms with van der Waals surface area (Å²) < 4.78 is 5.56. The second kappa shape index (κ2) is 10.5. The fraction of sp³-hybridized carbons (Fsp3) is 0.318. The number of rotatable bonds is 9. The highest BCUT2D eigenvalue weighted by atomic mass is 35.5. The van der Waals surface area contributed by atoms with Gasteiger partial charge in [0.05, 0.1) is 17.3 Å². The van der Waals surface area contributed by atoms with E-state index in [0.717, 1.165) is 24.1 Å². The topological polar surface area (TPSA) is 79.8 Å². The third-order valence-electron chi connectivity index (χ3n) is 4.57. The second-order valence-electron chi connectivity index (χ2n) is 7.10. The fourth-order valence-electron chi connectivity index (χ4n) is 2.66. The molecule has 0 atom stereocenters. The van der Waals surface area contributed by atoms with Crippen molar-refractivity contribution in [2.75, 3.05) is 11.9 Å². The lowest BCUT2D eigenvalue weighted by atomic mass is 10.1. The van der Waals surface area contributed by atoms with Gasteiger partial charge in [-0.25, -0.2) is 5.43 Å². The Kier molecular flexibility index (Phi) is 7.71. The molecule has 1 aliphatic rings. The summed E-state index contributed by atoms with van der Waals surface area (Å²) in [6, 6.07) is 12.4. The van der Waals surface area contributed by atoms with E-state index in [1.807, 2.05) is 31.2 Å². The quantitative estimate of drug-likeness (QED) is 0.320. The van der Waals surface area contributed by atoms with E-state index in [1.54, 1.807) is 18.2 Å². The highest BCUT2D eigenvalue weighted by molar-refractivity contribution is 6.35. The Labute approximate surface area is 185 Å². The van der Waals surface area contributed by atoms with E-state index in [-0.39, 0.29) is 24.2 Å². The molecule has 0 spiro atoms. The van der Waals surface area contributed by atoms with Gasteiger partial charge in [-0.15, -0.1) is 0 Å². The molecular weight excluding hydrogens is 425 g/mol. The van der Waals surface area contributed by atoms with Gasteiger partial charge in [-0.05, 0) is 62.1 Å². The van der Waals surface area contributed by atoms with Crippen molar-refractivity contribution >= 4 is 46.4 Å². The van der Waals surface area contributed by atoms with Crippen molar-refractivity contribution in [1.82, 2.24) is 5.43 Å². The largest absolute Gasteiger partial charge is 0.492 e. The van der Waals surface area contributed by atoms with Crippen LogP contribution in [0.25, 0.3) is 0 Å². The average Bonchev–Trinajstić information content (AvgIpc) is 3.57. The predicted octanol–water partition coefficient (Wildman–Crippen LogP) is 5.04. The standard InChI is InChI=1S/C22H23Cl2N3O3/c1-14(15-6-9-18(10-7-15)25-22(29)16-4-5-16)26-27-21(28)3-2-12-30-20-11-8-17(23)13-19(20)24/h6-11,13,16H,2-5,12H2,1H3,(H,25,29)(H,27,28). The molecule has 3 rings (SSSR count). The molecule has 2 aromatic carbocycles. The Balaban J connectivity index is 1.39. The lowest BCUT2D eigenvalue weighted by molar-refractivity contribution is -0.121. The van der Waals surface area contributed by atoms with E-state index in [1.165, 1.54) is 0 Å². The maximum atomic E-state index is 12.0. The molecular formula is C22H23Cl2N3O3. The van der Waals surface area contributed by atoms with Crippen molar-refractivity contribution < 1.29 is 14.3 Å². The Morgan fingerprint density at radius 3 is 2.53 bits per heavy atom. The number of amides is 2. The van der Waals surface area contributed by atoms with E-state index in [9.17, 15) is 9.59 Å². The molecule has 2 aromatic rings. The van der Waals surface area contributed by atoms with Crippen LogP contribution in [-0.2, 0) is 9.59 Å². The summed E-state index contributed by atoms with van der Waals surface area (Å²) in [7, 11) is 0. The fourth-order valence-corrected chi connectivity index (χ4v) is 3.12. The minimum atomic E-state index is -0.200. The molecule has 0 heterocycles. The number of hydrogen-bond donors (Lipinski definition) is 2. The maximum absolute atomic E-state index is 12.0. The SMILES string of the molecule is CC(=NNC(=O)CCCOc1ccc(Cl)cc1Cl)c1ccc(NC(=O)C2CC2)cc1. The van der Waals surface area contributed by atoms with Crippen LogP contribution < -0.4 is 15.5 Å². The summed E-state index contributed by atoms with van der Waals surface area (Å²) >= 11 is 11.9. The van der Waals surface area contributed by atoms with Crippen LogP contribution in [0.15, 0.2) is 47.6 Å². The van der Waals surface area contributed by atoms with Gasteiger partial charge in [0.1, 0.15) is 5.75 Å². The Hall–Kier alpha value is -2.57. The number of benzene rings is 2. The molecule has 0 aromatic heterocycles. The summed E-state index contributed by atoms with van der Waals surface area (Å²) in [4.78, 5) is 23.8. The van der Waals surface area contributed by atoms with Crippen LogP contribution in [0, 0.1) is 5.92 Å². The Bertz CT molecular complexity index is 941.